The van der Waals surface area contributed by atoms with Crippen molar-refractivity contribution in [2.45, 2.75) is 6.61 Å². The summed E-state index contributed by atoms with van der Waals surface area (Å²) in [4.78, 5) is 34.2. The van der Waals surface area contributed by atoms with Crippen molar-refractivity contribution in [3.8, 4) is 5.75 Å². The number of hydrogen-bond donors (Lipinski definition) is 2. The first kappa shape index (κ1) is 19.9. The van der Waals surface area contributed by atoms with Crippen LogP contribution in [-0.2, 0) is 25.7 Å². The lowest BCUT2D eigenvalue weighted by Gasteiger charge is -2.12. The van der Waals surface area contributed by atoms with E-state index in [4.69, 9.17) is 19.3 Å². The summed E-state index contributed by atoms with van der Waals surface area (Å²) in [5.74, 6) is -2.00. The largest absolute Gasteiger partial charge is 0.489 e. The molecule has 0 fully saturated rings. The molecule has 27 heavy (non-hydrogen) atoms. The third-order valence-electron chi connectivity index (χ3n) is 3.38. The van der Waals surface area contributed by atoms with E-state index < -0.39 is 31.1 Å². The molecule has 2 aromatic rings. The van der Waals surface area contributed by atoms with Crippen molar-refractivity contribution < 1.29 is 33.7 Å². The molecule has 8 nitrogen and oxygen atoms in total. The Morgan fingerprint density at radius 1 is 1.04 bits per heavy atom. The van der Waals surface area contributed by atoms with Crippen molar-refractivity contribution in [3.05, 3.63) is 59.7 Å². The summed E-state index contributed by atoms with van der Waals surface area (Å²) in [5.41, 5.74) is 1.28. The average molecular weight is 373 g/mol. The van der Waals surface area contributed by atoms with Crippen molar-refractivity contribution >= 4 is 23.5 Å². The van der Waals surface area contributed by atoms with Gasteiger partial charge in [0.15, 0.2) is 0 Å². The fourth-order valence-electron chi connectivity index (χ4n) is 2.16. The molecule has 0 spiro atoms. The molecule has 0 unspecified atom stereocenters. The van der Waals surface area contributed by atoms with Gasteiger partial charge in [-0.15, -0.1) is 0 Å². The average Bonchev–Trinajstić information content (AvgIpc) is 2.67. The molecule has 0 saturated carbocycles. The van der Waals surface area contributed by atoms with Crippen molar-refractivity contribution in [3.63, 3.8) is 0 Å². The smallest absolute Gasteiger partial charge is 0.340 e. The third-order valence-corrected chi connectivity index (χ3v) is 3.38. The second-order valence-corrected chi connectivity index (χ2v) is 5.41. The number of methoxy groups -OCH3 is 1. The number of ether oxygens (including phenoxy) is 3. The van der Waals surface area contributed by atoms with Crippen LogP contribution in [0.1, 0.15) is 15.9 Å². The highest BCUT2D eigenvalue weighted by molar-refractivity contribution is 6.02. The number of esters is 1. The van der Waals surface area contributed by atoms with Crippen molar-refractivity contribution in [1.29, 1.82) is 0 Å². The zero-order chi connectivity index (χ0) is 19.6. The Kier molecular flexibility index (Phi) is 7.33. The molecule has 0 aliphatic heterocycles. The molecule has 0 atom stereocenters. The molecule has 1 amide bonds. The number of benzene rings is 2. The summed E-state index contributed by atoms with van der Waals surface area (Å²) < 4.78 is 15.1. The molecule has 0 saturated heterocycles. The standard InChI is InChI=1S/C19H19NO7/c1-25-19(24)15-9-14(27-10-13-5-3-2-4-6-13)7-8-16(15)20-17(21)11-26-12-18(22)23/h2-9H,10-12H2,1H3,(H,20,21)(H,22,23). The summed E-state index contributed by atoms with van der Waals surface area (Å²) in [7, 11) is 1.22. The predicted octanol–water partition coefficient (Wildman–Crippen LogP) is 2.09. The van der Waals surface area contributed by atoms with Gasteiger partial charge >= 0.3 is 11.9 Å². The Morgan fingerprint density at radius 2 is 1.78 bits per heavy atom. The summed E-state index contributed by atoms with van der Waals surface area (Å²) in [6.45, 7) is -0.737. The van der Waals surface area contributed by atoms with Gasteiger partial charge in [-0.3, -0.25) is 4.79 Å². The molecule has 2 rings (SSSR count). The molecule has 8 heteroatoms. The minimum atomic E-state index is -1.18. The van der Waals surface area contributed by atoms with E-state index >= 15 is 0 Å². The first-order valence-corrected chi connectivity index (χ1v) is 7.98. The molecule has 2 aromatic carbocycles. The van der Waals surface area contributed by atoms with Crippen molar-refractivity contribution in [2.75, 3.05) is 25.6 Å². The van der Waals surface area contributed by atoms with Gasteiger partial charge in [-0.1, -0.05) is 30.3 Å². The Hall–Kier alpha value is -3.39. The minimum Gasteiger partial charge on any atom is -0.489 e. The quantitative estimate of drug-likeness (QED) is 0.648. The van der Waals surface area contributed by atoms with Crippen LogP contribution in [0.3, 0.4) is 0 Å². The number of nitrogens with one attached hydrogen (secondary N) is 1. The zero-order valence-corrected chi connectivity index (χ0v) is 14.6. The van der Waals surface area contributed by atoms with E-state index in [9.17, 15) is 14.4 Å². The second-order valence-electron chi connectivity index (χ2n) is 5.41. The maximum Gasteiger partial charge on any atom is 0.340 e. The monoisotopic (exact) mass is 373 g/mol. The van der Waals surface area contributed by atoms with Gasteiger partial charge in [0.25, 0.3) is 0 Å². The zero-order valence-electron chi connectivity index (χ0n) is 14.6. The van der Waals surface area contributed by atoms with Gasteiger partial charge in [-0.25, -0.2) is 9.59 Å². The highest BCUT2D eigenvalue weighted by atomic mass is 16.5. The van der Waals surface area contributed by atoms with E-state index in [-0.39, 0.29) is 11.3 Å². The van der Waals surface area contributed by atoms with Crippen LogP contribution in [0.2, 0.25) is 0 Å². The number of aliphatic carboxylic acids is 1. The van der Waals surface area contributed by atoms with Crippen molar-refractivity contribution in [1.82, 2.24) is 0 Å². The number of hydrogen-bond acceptors (Lipinski definition) is 6. The molecule has 0 bridgehead atoms. The number of carbonyl (C=O) groups excluding carboxylic acids is 2. The van der Waals surface area contributed by atoms with Gasteiger partial charge in [-0.05, 0) is 23.8 Å². The Morgan fingerprint density at radius 3 is 2.44 bits per heavy atom. The lowest BCUT2D eigenvalue weighted by atomic mass is 10.1. The van der Waals surface area contributed by atoms with E-state index in [1.165, 1.54) is 19.2 Å². The SMILES string of the molecule is COC(=O)c1cc(OCc2ccccc2)ccc1NC(=O)COCC(=O)O. The molecule has 0 aliphatic rings. The highest BCUT2D eigenvalue weighted by Crippen LogP contribution is 2.24. The molecule has 2 N–H and O–H groups in total. The number of rotatable bonds is 9. The van der Waals surface area contributed by atoms with Gasteiger partial charge in [-0.2, -0.15) is 0 Å². The fourth-order valence-corrected chi connectivity index (χ4v) is 2.16. The molecule has 0 aromatic heterocycles. The van der Waals surface area contributed by atoms with Gasteiger partial charge in [0, 0.05) is 0 Å². The number of carboxylic acid groups (broad SMARTS) is 1. The van der Waals surface area contributed by atoms with Gasteiger partial charge in [0.2, 0.25) is 5.91 Å². The third kappa shape index (κ3) is 6.44. The number of carboxylic acids is 1. The topological polar surface area (TPSA) is 111 Å². The fraction of sp³-hybridized carbons (Fsp3) is 0.211. The van der Waals surface area contributed by atoms with E-state index in [1.54, 1.807) is 6.07 Å². The lowest BCUT2D eigenvalue weighted by Crippen LogP contribution is -2.22. The van der Waals surface area contributed by atoms with Crippen LogP contribution in [0.15, 0.2) is 48.5 Å². The summed E-state index contributed by atoms with van der Waals surface area (Å²) >= 11 is 0. The normalized spacial score (nSPS) is 10.1. The summed E-state index contributed by atoms with van der Waals surface area (Å²) in [5, 5.41) is 11.0. The van der Waals surface area contributed by atoms with E-state index in [2.05, 4.69) is 5.32 Å². The van der Waals surface area contributed by atoms with Crippen LogP contribution >= 0.6 is 0 Å². The Balaban J connectivity index is 2.07. The maximum atomic E-state index is 12.0. The number of amides is 1. The maximum absolute atomic E-state index is 12.0. The first-order chi connectivity index (χ1) is 13.0. The van der Waals surface area contributed by atoms with Gasteiger partial charge in [0.05, 0.1) is 18.4 Å². The molecule has 0 heterocycles. The molecular formula is C19H19NO7. The van der Waals surface area contributed by atoms with E-state index in [0.29, 0.717) is 12.4 Å². The number of carbonyl (C=O) groups is 3. The van der Waals surface area contributed by atoms with Crippen LogP contribution in [0.25, 0.3) is 0 Å². The van der Waals surface area contributed by atoms with Crippen molar-refractivity contribution in [2.24, 2.45) is 0 Å². The Labute approximate surface area is 155 Å². The van der Waals surface area contributed by atoms with Crippen LogP contribution in [0.4, 0.5) is 5.69 Å². The minimum absolute atomic E-state index is 0.106. The Bertz CT molecular complexity index is 805. The number of anilines is 1. The summed E-state index contributed by atoms with van der Waals surface area (Å²) in [6, 6.07) is 14.1. The van der Waals surface area contributed by atoms with E-state index in [1.807, 2.05) is 30.3 Å². The van der Waals surface area contributed by atoms with Crippen LogP contribution < -0.4 is 10.1 Å². The van der Waals surface area contributed by atoms with Crippen LogP contribution in [0, 0.1) is 0 Å². The second kappa shape index (κ2) is 9.93. The molecule has 0 aliphatic carbocycles. The van der Waals surface area contributed by atoms with Gasteiger partial charge in [0.1, 0.15) is 25.6 Å². The van der Waals surface area contributed by atoms with Gasteiger partial charge < -0.3 is 24.6 Å². The molecular weight excluding hydrogens is 354 g/mol. The molecule has 142 valence electrons. The van der Waals surface area contributed by atoms with Crippen LogP contribution in [0.5, 0.6) is 5.75 Å². The predicted molar refractivity (Wildman–Crippen MR) is 95.6 cm³/mol. The highest BCUT2D eigenvalue weighted by Gasteiger charge is 2.16. The first-order valence-electron chi connectivity index (χ1n) is 7.98. The summed E-state index contributed by atoms with van der Waals surface area (Å²) in [6.07, 6.45) is 0. The lowest BCUT2D eigenvalue weighted by molar-refractivity contribution is -0.143. The molecule has 0 radical (unpaired) electrons. The van der Waals surface area contributed by atoms with Crippen LogP contribution in [-0.4, -0.2) is 43.3 Å². The van der Waals surface area contributed by atoms with E-state index in [0.717, 1.165) is 5.56 Å².